The van der Waals surface area contributed by atoms with E-state index in [1.807, 2.05) is 30.3 Å². The number of hydrogen-bond donors (Lipinski definition) is 2. The first-order valence-corrected chi connectivity index (χ1v) is 11.6. The monoisotopic (exact) mass is 417 g/mol. The molecule has 1 saturated heterocycles. The lowest BCUT2D eigenvalue weighted by atomic mass is 10.1. The molecule has 1 fully saturated rings. The molecule has 8 heteroatoms. The van der Waals surface area contributed by atoms with E-state index in [1.54, 1.807) is 24.3 Å². The molecule has 1 amide bonds. The minimum absolute atomic E-state index is 0.0414. The maximum atomic E-state index is 11.9. The van der Waals surface area contributed by atoms with Gasteiger partial charge < -0.3 is 9.64 Å². The van der Waals surface area contributed by atoms with Gasteiger partial charge in [0.2, 0.25) is 10.0 Å². The molecule has 2 aromatic carbocycles. The summed E-state index contributed by atoms with van der Waals surface area (Å²) >= 11 is 0. The molecule has 2 aromatic rings. The molecule has 7 nitrogen and oxygen atoms in total. The van der Waals surface area contributed by atoms with Gasteiger partial charge in [0.05, 0.1) is 6.26 Å². The summed E-state index contributed by atoms with van der Waals surface area (Å²) in [4.78, 5) is 14.3. The molecule has 0 spiro atoms. The molecule has 3 rings (SSSR count). The van der Waals surface area contributed by atoms with Crippen LogP contribution in [0, 0.1) is 0 Å². The standard InChI is InChI=1S/C21H27N3O4S/c1-29(26,27)23-19-12-15-24(16-13-19)14-11-17-7-9-20(10-8-17)28-21(25)22-18-5-3-2-4-6-18/h2-10,19,23H,11-16H2,1H3,(H,22,25). The number of rotatable bonds is 7. The van der Waals surface area contributed by atoms with Crippen molar-refractivity contribution >= 4 is 21.8 Å². The van der Waals surface area contributed by atoms with Gasteiger partial charge in [-0.3, -0.25) is 5.32 Å². The Kier molecular flexibility index (Phi) is 7.24. The van der Waals surface area contributed by atoms with Crippen molar-refractivity contribution < 1.29 is 17.9 Å². The fourth-order valence-electron chi connectivity index (χ4n) is 3.36. The number of nitrogens with zero attached hydrogens (tertiary/aromatic N) is 1. The van der Waals surface area contributed by atoms with Crippen LogP contribution in [0.15, 0.2) is 54.6 Å². The summed E-state index contributed by atoms with van der Waals surface area (Å²) in [6, 6.07) is 16.7. The van der Waals surface area contributed by atoms with Gasteiger partial charge in [0, 0.05) is 18.3 Å². The average molecular weight is 418 g/mol. The molecular weight excluding hydrogens is 390 g/mol. The molecule has 1 aliphatic rings. The zero-order valence-corrected chi connectivity index (χ0v) is 17.3. The number of ether oxygens (including phenoxy) is 1. The first-order valence-electron chi connectivity index (χ1n) is 9.70. The Bertz CT molecular complexity index is 893. The number of benzene rings is 2. The smallest absolute Gasteiger partial charge is 0.410 e. The maximum absolute atomic E-state index is 11.9. The zero-order valence-electron chi connectivity index (χ0n) is 16.5. The molecule has 0 aromatic heterocycles. The van der Waals surface area contributed by atoms with Gasteiger partial charge in [-0.1, -0.05) is 30.3 Å². The van der Waals surface area contributed by atoms with Gasteiger partial charge in [-0.05, 0) is 62.2 Å². The highest BCUT2D eigenvalue weighted by Crippen LogP contribution is 2.16. The van der Waals surface area contributed by atoms with Crippen LogP contribution in [0.3, 0.4) is 0 Å². The summed E-state index contributed by atoms with van der Waals surface area (Å²) in [6.07, 6.45) is 3.24. The van der Waals surface area contributed by atoms with E-state index in [-0.39, 0.29) is 6.04 Å². The van der Waals surface area contributed by atoms with Gasteiger partial charge >= 0.3 is 6.09 Å². The Morgan fingerprint density at radius 2 is 1.72 bits per heavy atom. The van der Waals surface area contributed by atoms with E-state index in [0.717, 1.165) is 44.5 Å². The van der Waals surface area contributed by atoms with Crippen molar-refractivity contribution in [2.75, 3.05) is 31.2 Å². The number of piperidine rings is 1. The summed E-state index contributed by atoms with van der Waals surface area (Å²) in [5.74, 6) is 0.495. The van der Waals surface area contributed by atoms with Crippen LogP contribution < -0.4 is 14.8 Å². The van der Waals surface area contributed by atoms with Crippen LogP contribution in [-0.2, 0) is 16.4 Å². The van der Waals surface area contributed by atoms with Gasteiger partial charge in [0.25, 0.3) is 0 Å². The van der Waals surface area contributed by atoms with Crippen LogP contribution in [0.4, 0.5) is 10.5 Å². The van der Waals surface area contributed by atoms with E-state index < -0.39 is 16.1 Å². The highest BCUT2D eigenvalue weighted by Gasteiger charge is 2.21. The Hall–Kier alpha value is -2.42. The third-order valence-corrected chi connectivity index (χ3v) is 5.60. The fraction of sp³-hybridized carbons (Fsp3) is 0.381. The zero-order chi connectivity index (χ0) is 20.7. The molecule has 0 bridgehead atoms. The van der Waals surface area contributed by atoms with Gasteiger partial charge in [0.1, 0.15) is 5.75 Å². The molecule has 156 valence electrons. The van der Waals surface area contributed by atoms with Crippen molar-refractivity contribution in [3.05, 3.63) is 60.2 Å². The SMILES string of the molecule is CS(=O)(=O)NC1CCN(CCc2ccc(OC(=O)Nc3ccccc3)cc2)CC1. The van der Waals surface area contributed by atoms with Gasteiger partial charge in [-0.25, -0.2) is 17.9 Å². The van der Waals surface area contributed by atoms with Crippen LogP contribution in [0.5, 0.6) is 5.75 Å². The van der Waals surface area contributed by atoms with E-state index in [9.17, 15) is 13.2 Å². The number of carbonyl (C=O) groups is 1. The first-order chi connectivity index (χ1) is 13.9. The molecule has 0 aliphatic carbocycles. The largest absolute Gasteiger partial charge is 0.417 e. The normalized spacial score (nSPS) is 15.8. The van der Waals surface area contributed by atoms with Crippen LogP contribution >= 0.6 is 0 Å². The molecule has 1 aliphatic heterocycles. The van der Waals surface area contributed by atoms with Crippen molar-refractivity contribution in [2.24, 2.45) is 0 Å². The maximum Gasteiger partial charge on any atom is 0.417 e. The van der Waals surface area contributed by atoms with Gasteiger partial charge in [0.15, 0.2) is 0 Å². The molecule has 0 saturated carbocycles. The molecule has 0 atom stereocenters. The summed E-state index contributed by atoms with van der Waals surface area (Å²) in [5, 5.41) is 2.68. The minimum Gasteiger partial charge on any atom is -0.410 e. The van der Waals surface area contributed by atoms with Crippen molar-refractivity contribution in [2.45, 2.75) is 25.3 Å². The quantitative estimate of drug-likeness (QED) is 0.723. The molecule has 0 unspecified atom stereocenters. The predicted molar refractivity (Wildman–Crippen MR) is 114 cm³/mol. The van der Waals surface area contributed by atoms with E-state index in [4.69, 9.17) is 4.74 Å². The van der Waals surface area contributed by atoms with E-state index in [1.165, 1.54) is 6.26 Å². The van der Waals surface area contributed by atoms with Crippen molar-refractivity contribution in [3.8, 4) is 5.75 Å². The predicted octanol–water partition coefficient (Wildman–Crippen LogP) is 2.85. The Balaban J connectivity index is 1.40. The molecule has 1 heterocycles. The van der Waals surface area contributed by atoms with Gasteiger partial charge in [-0.15, -0.1) is 0 Å². The second-order valence-corrected chi connectivity index (χ2v) is 9.06. The number of hydrogen-bond acceptors (Lipinski definition) is 5. The van der Waals surface area contributed by atoms with Crippen molar-refractivity contribution in [3.63, 3.8) is 0 Å². The summed E-state index contributed by atoms with van der Waals surface area (Å²) in [5.41, 5.74) is 1.85. The number of likely N-dealkylation sites (tertiary alicyclic amines) is 1. The van der Waals surface area contributed by atoms with Gasteiger partial charge in [-0.2, -0.15) is 0 Å². The number of para-hydroxylation sites is 1. The summed E-state index contributed by atoms with van der Waals surface area (Å²) < 4.78 is 30.6. The Labute approximate surface area is 172 Å². The lowest BCUT2D eigenvalue weighted by molar-refractivity contribution is 0.209. The second kappa shape index (κ2) is 9.87. The summed E-state index contributed by atoms with van der Waals surface area (Å²) in [7, 11) is -3.14. The third-order valence-electron chi connectivity index (χ3n) is 4.84. The third kappa shape index (κ3) is 7.49. The molecule has 29 heavy (non-hydrogen) atoms. The van der Waals surface area contributed by atoms with E-state index in [2.05, 4.69) is 14.9 Å². The first kappa shape index (κ1) is 21.3. The fourth-order valence-corrected chi connectivity index (χ4v) is 4.20. The molecule has 2 N–H and O–H groups in total. The highest BCUT2D eigenvalue weighted by molar-refractivity contribution is 7.88. The number of anilines is 1. The van der Waals surface area contributed by atoms with E-state index >= 15 is 0 Å². The Morgan fingerprint density at radius 3 is 2.34 bits per heavy atom. The lowest BCUT2D eigenvalue weighted by Crippen LogP contribution is -2.44. The second-order valence-electron chi connectivity index (χ2n) is 7.28. The van der Waals surface area contributed by atoms with Crippen molar-refractivity contribution in [1.82, 2.24) is 9.62 Å². The Morgan fingerprint density at radius 1 is 1.07 bits per heavy atom. The van der Waals surface area contributed by atoms with Crippen LogP contribution in [0.2, 0.25) is 0 Å². The van der Waals surface area contributed by atoms with Crippen LogP contribution in [-0.4, -0.2) is 51.3 Å². The van der Waals surface area contributed by atoms with Crippen molar-refractivity contribution in [1.29, 1.82) is 0 Å². The lowest BCUT2D eigenvalue weighted by Gasteiger charge is -2.31. The summed E-state index contributed by atoms with van der Waals surface area (Å²) in [6.45, 7) is 2.68. The van der Waals surface area contributed by atoms with E-state index in [0.29, 0.717) is 11.4 Å². The minimum atomic E-state index is -3.14. The highest BCUT2D eigenvalue weighted by atomic mass is 32.2. The number of carbonyl (C=O) groups excluding carboxylic acids is 1. The average Bonchev–Trinajstić information content (AvgIpc) is 2.68. The van der Waals surface area contributed by atoms with Crippen LogP contribution in [0.25, 0.3) is 0 Å². The number of amides is 1. The molecular formula is C21H27N3O4S. The molecule has 0 radical (unpaired) electrons. The van der Waals surface area contributed by atoms with Crippen LogP contribution in [0.1, 0.15) is 18.4 Å². The number of sulfonamides is 1. The number of nitrogens with one attached hydrogen (secondary N) is 2. The topological polar surface area (TPSA) is 87.7 Å².